The molecule has 0 aliphatic rings. The Labute approximate surface area is 65.5 Å². The van der Waals surface area contributed by atoms with Crippen molar-refractivity contribution in [1.82, 2.24) is 9.97 Å². The van der Waals surface area contributed by atoms with Crippen LogP contribution in [0.3, 0.4) is 0 Å². The second kappa shape index (κ2) is 3.88. The molecule has 1 N–H and O–H groups in total. The van der Waals surface area contributed by atoms with Crippen LogP contribution in [-0.4, -0.2) is 21.7 Å². The monoisotopic (exact) mass is 152 g/mol. The molecule has 1 rings (SSSR count). The zero-order valence-corrected chi connectivity index (χ0v) is 6.36. The summed E-state index contributed by atoms with van der Waals surface area (Å²) in [5.74, 6) is 0.488. The standard InChI is InChI=1S/C7H10N3O/c1-2-5-10(11)7-3-4-8-6-9-7/h3-4,11H,2,5H2,1H3. The minimum absolute atomic E-state index is 0.488. The zero-order valence-electron chi connectivity index (χ0n) is 6.36. The molecule has 0 spiro atoms. The van der Waals surface area contributed by atoms with Crippen LogP contribution in [0.15, 0.2) is 12.3 Å². The third kappa shape index (κ3) is 2.16. The van der Waals surface area contributed by atoms with E-state index in [2.05, 4.69) is 16.3 Å². The van der Waals surface area contributed by atoms with Gasteiger partial charge in [-0.1, -0.05) is 6.92 Å². The van der Waals surface area contributed by atoms with E-state index in [-0.39, 0.29) is 0 Å². The van der Waals surface area contributed by atoms with Crippen LogP contribution in [0.25, 0.3) is 0 Å². The van der Waals surface area contributed by atoms with E-state index in [1.54, 1.807) is 12.3 Å². The maximum atomic E-state index is 9.24. The van der Waals surface area contributed by atoms with Gasteiger partial charge < -0.3 is 0 Å². The molecule has 11 heavy (non-hydrogen) atoms. The maximum Gasteiger partial charge on any atom is 0.199 e. The number of rotatable bonds is 3. The quantitative estimate of drug-likeness (QED) is 0.653. The molecule has 0 bridgehead atoms. The number of hydrogen-bond acceptors (Lipinski definition) is 4. The lowest BCUT2D eigenvalue weighted by Gasteiger charge is -2.12. The summed E-state index contributed by atoms with van der Waals surface area (Å²) in [6, 6.07) is 1.63. The lowest BCUT2D eigenvalue weighted by Crippen LogP contribution is -2.19. The van der Waals surface area contributed by atoms with Gasteiger partial charge in [0.2, 0.25) is 0 Å². The van der Waals surface area contributed by atoms with Crippen LogP contribution in [-0.2, 0) is 0 Å². The molecule has 0 amide bonds. The number of nitrogens with zero attached hydrogens (tertiary/aromatic N) is 3. The van der Waals surface area contributed by atoms with Crippen molar-refractivity contribution in [3.8, 4) is 0 Å². The molecule has 1 radical (unpaired) electrons. The number of anilines is 1. The first-order valence-corrected chi connectivity index (χ1v) is 3.50. The van der Waals surface area contributed by atoms with Gasteiger partial charge in [0, 0.05) is 18.8 Å². The molecule has 0 atom stereocenters. The highest BCUT2D eigenvalue weighted by atomic mass is 16.5. The van der Waals surface area contributed by atoms with E-state index in [0.717, 1.165) is 11.5 Å². The first-order chi connectivity index (χ1) is 5.34. The van der Waals surface area contributed by atoms with E-state index in [1.807, 2.05) is 6.92 Å². The van der Waals surface area contributed by atoms with Crippen LogP contribution in [0, 0.1) is 6.33 Å². The normalized spacial score (nSPS) is 9.64. The molecule has 1 heterocycles. The van der Waals surface area contributed by atoms with E-state index in [0.29, 0.717) is 12.4 Å². The molecule has 0 fully saturated rings. The third-order valence-electron chi connectivity index (χ3n) is 1.22. The van der Waals surface area contributed by atoms with Gasteiger partial charge in [0.1, 0.15) is 0 Å². The average Bonchev–Trinajstić information content (AvgIpc) is 2.07. The van der Waals surface area contributed by atoms with Crippen molar-refractivity contribution in [1.29, 1.82) is 0 Å². The summed E-state index contributed by atoms with van der Waals surface area (Å²) in [7, 11) is 0. The first-order valence-electron chi connectivity index (χ1n) is 3.50. The fraction of sp³-hybridized carbons (Fsp3) is 0.429. The van der Waals surface area contributed by atoms with Crippen molar-refractivity contribution in [2.45, 2.75) is 13.3 Å². The van der Waals surface area contributed by atoms with Gasteiger partial charge in [-0.15, -0.1) is 0 Å². The van der Waals surface area contributed by atoms with Crippen molar-refractivity contribution in [2.24, 2.45) is 0 Å². The van der Waals surface area contributed by atoms with E-state index >= 15 is 0 Å². The topological polar surface area (TPSA) is 49.2 Å². The molecule has 4 heteroatoms. The van der Waals surface area contributed by atoms with Gasteiger partial charge in [-0.05, 0) is 6.42 Å². The predicted octanol–water partition coefficient (Wildman–Crippen LogP) is 0.882. The molecule has 0 unspecified atom stereocenters. The molecule has 0 aliphatic heterocycles. The van der Waals surface area contributed by atoms with Crippen LogP contribution in [0.5, 0.6) is 0 Å². The fourth-order valence-electron chi connectivity index (χ4n) is 0.725. The molecule has 59 valence electrons. The summed E-state index contributed by atoms with van der Waals surface area (Å²) in [6.45, 7) is 2.55. The van der Waals surface area contributed by atoms with Gasteiger partial charge in [0.05, 0.1) is 0 Å². The van der Waals surface area contributed by atoms with Gasteiger partial charge in [0.25, 0.3) is 0 Å². The minimum atomic E-state index is 0.488. The molecule has 1 aromatic heterocycles. The number of hydrogen-bond donors (Lipinski definition) is 1. The van der Waals surface area contributed by atoms with Crippen LogP contribution >= 0.6 is 0 Å². The zero-order chi connectivity index (χ0) is 8.10. The minimum Gasteiger partial charge on any atom is -0.287 e. The molecular formula is C7H10N3O. The van der Waals surface area contributed by atoms with Gasteiger partial charge in [-0.2, -0.15) is 0 Å². The predicted molar refractivity (Wildman–Crippen MR) is 40.3 cm³/mol. The van der Waals surface area contributed by atoms with Gasteiger partial charge in [-0.3, -0.25) is 5.21 Å². The molecule has 0 aromatic carbocycles. The highest BCUT2D eigenvalue weighted by Crippen LogP contribution is 2.04. The summed E-state index contributed by atoms with van der Waals surface area (Å²) in [4.78, 5) is 7.35. The summed E-state index contributed by atoms with van der Waals surface area (Å²) in [6.07, 6.45) is 4.82. The second-order valence-electron chi connectivity index (χ2n) is 2.14. The lowest BCUT2D eigenvalue weighted by molar-refractivity contribution is 0.250. The van der Waals surface area contributed by atoms with Crippen LogP contribution in [0.4, 0.5) is 5.82 Å². The van der Waals surface area contributed by atoms with Crippen molar-refractivity contribution >= 4 is 5.82 Å². The summed E-state index contributed by atoms with van der Waals surface area (Å²) in [5.41, 5.74) is 0. The third-order valence-corrected chi connectivity index (χ3v) is 1.22. The Hall–Kier alpha value is -1.16. The molecule has 0 saturated heterocycles. The molecule has 0 aliphatic carbocycles. The number of hydroxylamine groups is 1. The van der Waals surface area contributed by atoms with Crippen LogP contribution in [0.2, 0.25) is 0 Å². The van der Waals surface area contributed by atoms with Crippen LogP contribution < -0.4 is 5.06 Å². The summed E-state index contributed by atoms with van der Waals surface area (Å²) < 4.78 is 0. The average molecular weight is 152 g/mol. The highest BCUT2D eigenvalue weighted by Gasteiger charge is 2.00. The van der Waals surface area contributed by atoms with E-state index in [4.69, 9.17) is 0 Å². The lowest BCUT2D eigenvalue weighted by atomic mass is 10.4. The SMILES string of the molecule is CCCN(O)c1ccn[c]n1. The van der Waals surface area contributed by atoms with E-state index < -0.39 is 0 Å². The smallest absolute Gasteiger partial charge is 0.199 e. The van der Waals surface area contributed by atoms with Crippen LogP contribution in [0.1, 0.15) is 13.3 Å². The number of aromatic nitrogens is 2. The summed E-state index contributed by atoms with van der Waals surface area (Å²) in [5, 5.41) is 10.3. The Bertz CT molecular complexity index is 202. The van der Waals surface area contributed by atoms with Gasteiger partial charge in [-0.25, -0.2) is 15.0 Å². The highest BCUT2D eigenvalue weighted by molar-refractivity contribution is 5.31. The molecule has 1 aromatic rings. The first kappa shape index (κ1) is 7.94. The van der Waals surface area contributed by atoms with Gasteiger partial charge >= 0.3 is 0 Å². The van der Waals surface area contributed by atoms with E-state index in [1.165, 1.54) is 0 Å². The van der Waals surface area contributed by atoms with Crippen molar-refractivity contribution < 1.29 is 5.21 Å². The van der Waals surface area contributed by atoms with Crippen molar-refractivity contribution in [3.05, 3.63) is 18.6 Å². The Morgan fingerprint density at radius 1 is 1.73 bits per heavy atom. The molecule has 0 saturated carbocycles. The molecular weight excluding hydrogens is 142 g/mol. The fourth-order valence-corrected chi connectivity index (χ4v) is 0.725. The maximum absolute atomic E-state index is 9.24. The van der Waals surface area contributed by atoms with Crippen molar-refractivity contribution in [2.75, 3.05) is 11.6 Å². The van der Waals surface area contributed by atoms with Crippen molar-refractivity contribution in [3.63, 3.8) is 0 Å². The molecule has 4 nitrogen and oxygen atoms in total. The Balaban J connectivity index is 2.61. The van der Waals surface area contributed by atoms with E-state index in [9.17, 15) is 5.21 Å². The second-order valence-corrected chi connectivity index (χ2v) is 2.14. The summed E-state index contributed by atoms with van der Waals surface area (Å²) >= 11 is 0. The Morgan fingerprint density at radius 3 is 3.09 bits per heavy atom. The Morgan fingerprint density at radius 2 is 2.55 bits per heavy atom. The van der Waals surface area contributed by atoms with Gasteiger partial charge in [0.15, 0.2) is 12.1 Å². The largest absolute Gasteiger partial charge is 0.287 e. The Kier molecular flexibility index (Phi) is 2.80.